The molecule has 1 amide bonds. The SMILES string of the molecule is CNS(=O)(=O)c1ccc(CCC(=O)N(Cc2ccco2)C2CCN(C)CC2)cc1. The fourth-order valence-electron chi connectivity index (χ4n) is 3.65. The van der Waals surface area contributed by atoms with Crippen molar-refractivity contribution in [1.29, 1.82) is 0 Å². The predicted molar refractivity (Wildman–Crippen MR) is 111 cm³/mol. The number of rotatable bonds is 8. The third-order valence-corrected chi connectivity index (χ3v) is 6.92. The quantitative estimate of drug-likeness (QED) is 0.710. The number of hydrogen-bond donors (Lipinski definition) is 1. The maximum atomic E-state index is 13.1. The second-order valence-corrected chi connectivity index (χ2v) is 9.37. The van der Waals surface area contributed by atoms with Gasteiger partial charge in [-0.1, -0.05) is 12.1 Å². The van der Waals surface area contributed by atoms with Crippen LogP contribution in [0.25, 0.3) is 0 Å². The third kappa shape index (κ3) is 5.68. The van der Waals surface area contributed by atoms with Gasteiger partial charge in [0.2, 0.25) is 15.9 Å². The average Bonchev–Trinajstić information content (AvgIpc) is 3.25. The highest BCUT2D eigenvalue weighted by molar-refractivity contribution is 7.89. The molecule has 0 unspecified atom stereocenters. The summed E-state index contributed by atoms with van der Waals surface area (Å²) in [4.78, 5) is 17.5. The van der Waals surface area contributed by atoms with E-state index in [2.05, 4.69) is 16.7 Å². The number of likely N-dealkylation sites (tertiary alicyclic amines) is 1. The Balaban J connectivity index is 1.64. The molecule has 1 aromatic heterocycles. The van der Waals surface area contributed by atoms with Crippen molar-refractivity contribution in [2.45, 2.75) is 43.2 Å². The van der Waals surface area contributed by atoms with Gasteiger partial charge in [0.15, 0.2) is 0 Å². The Morgan fingerprint density at radius 3 is 2.48 bits per heavy atom. The van der Waals surface area contributed by atoms with Crippen molar-refractivity contribution in [3.05, 3.63) is 54.0 Å². The minimum absolute atomic E-state index is 0.0999. The minimum atomic E-state index is -3.45. The highest BCUT2D eigenvalue weighted by atomic mass is 32.2. The number of nitrogens with zero attached hydrogens (tertiary/aromatic N) is 2. The predicted octanol–water partition coefficient (Wildman–Crippen LogP) is 2.24. The van der Waals surface area contributed by atoms with Crippen LogP contribution < -0.4 is 4.72 Å². The largest absolute Gasteiger partial charge is 0.467 e. The van der Waals surface area contributed by atoms with Crippen LogP contribution in [0, 0.1) is 0 Å². The molecule has 0 aliphatic carbocycles. The van der Waals surface area contributed by atoms with E-state index in [9.17, 15) is 13.2 Å². The van der Waals surface area contributed by atoms with Crippen LogP contribution in [0.5, 0.6) is 0 Å². The fraction of sp³-hybridized carbons (Fsp3) is 0.476. The van der Waals surface area contributed by atoms with Crippen LogP contribution in [0.1, 0.15) is 30.6 Å². The molecular formula is C21H29N3O4S. The molecule has 0 radical (unpaired) electrons. The van der Waals surface area contributed by atoms with Gasteiger partial charge < -0.3 is 14.2 Å². The number of carbonyl (C=O) groups is 1. The molecule has 1 fully saturated rings. The zero-order chi connectivity index (χ0) is 20.9. The van der Waals surface area contributed by atoms with E-state index in [4.69, 9.17) is 4.42 Å². The molecule has 1 aliphatic heterocycles. The molecule has 0 bridgehead atoms. The van der Waals surface area contributed by atoms with Crippen LogP contribution in [0.4, 0.5) is 0 Å². The van der Waals surface area contributed by atoms with Gasteiger partial charge in [0, 0.05) is 12.5 Å². The van der Waals surface area contributed by atoms with Crippen molar-refractivity contribution in [2.75, 3.05) is 27.2 Å². The highest BCUT2D eigenvalue weighted by Gasteiger charge is 2.27. The molecular weight excluding hydrogens is 390 g/mol. The number of sulfonamides is 1. The lowest BCUT2D eigenvalue weighted by Crippen LogP contribution is -2.46. The maximum absolute atomic E-state index is 13.1. The van der Waals surface area contributed by atoms with Crippen LogP contribution in [-0.4, -0.2) is 57.4 Å². The van der Waals surface area contributed by atoms with Crippen LogP contribution in [0.15, 0.2) is 52.0 Å². The number of aryl methyl sites for hydroxylation is 1. The molecule has 2 heterocycles. The second kappa shape index (κ2) is 9.56. The summed E-state index contributed by atoms with van der Waals surface area (Å²) in [6.45, 7) is 2.45. The van der Waals surface area contributed by atoms with Crippen LogP contribution >= 0.6 is 0 Å². The molecule has 0 atom stereocenters. The average molecular weight is 420 g/mol. The van der Waals surface area contributed by atoms with E-state index >= 15 is 0 Å². The Hall–Kier alpha value is -2.16. The maximum Gasteiger partial charge on any atom is 0.240 e. The van der Waals surface area contributed by atoms with E-state index < -0.39 is 10.0 Å². The summed E-state index contributed by atoms with van der Waals surface area (Å²) in [5, 5.41) is 0. The Kier molecular flexibility index (Phi) is 7.10. The lowest BCUT2D eigenvalue weighted by molar-refractivity contribution is -0.135. The lowest BCUT2D eigenvalue weighted by atomic mass is 10.0. The molecule has 1 aliphatic rings. The highest BCUT2D eigenvalue weighted by Crippen LogP contribution is 2.21. The first kappa shape index (κ1) is 21.5. The van der Waals surface area contributed by atoms with Gasteiger partial charge >= 0.3 is 0 Å². The van der Waals surface area contributed by atoms with Gasteiger partial charge in [-0.3, -0.25) is 4.79 Å². The van der Waals surface area contributed by atoms with Crippen molar-refractivity contribution >= 4 is 15.9 Å². The molecule has 2 aromatic rings. The Labute approximate surface area is 172 Å². The summed E-state index contributed by atoms with van der Waals surface area (Å²) in [7, 11) is 0.0441. The van der Waals surface area contributed by atoms with E-state index in [1.165, 1.54) is 7.05 Å². The van der Waals surface area contributed by atoms with Gasteiger partial charge in [-0.2, -0.15) is 0 Å². The summed E-state index contributed by atoms with van der Waals surface area (Å²) in [5.74, 6) is 0.891. The smallest absolute Gasteiger partial charge is 0.240 e. The van der Waals surface area contributed by atoms with Crippen LogP contribution in [-0.2, 0) is 27.8 Å². The Morgan fingerprint density at radius 1 is 1.21 bits per heavy atom. The number of furan rings is 1. The van der Waals surface area contributed by atoms with Crippen molar-refractivity contribution in [1.82, 2.24) is 14.5 Å². The van der Waals surface area contributed by atoms with Gasteiger partial charge in [0.1, 0.15) is 5.76 Å². The van der Waals surface area contributed by atoms with Gasteiger partial charge in [-0.25, -0.2) is 13.1 Å². The number of amides is 1. The molecule has 0 saturated carbocycles. The molecule has 29 heavy (non-hydrogen) atoms. The number of benzene rings is 1. The number of hydrogen-bond acceptors (Lipinski definition) is 5. The van der Waals surface area contributed by atoms with Crippen molar-refractivity contribution in [2.24, 2.45) is 0 Å². The van der Waals surface area contributed by atoms with Gasteiger partial charge in [-0.15, -0.1) is 0 Å². The normalized spacial score (nSPS) is 16.1. The van der Waals surface area contributed by atoms with Crippen molar-refractivity contribution in [3.63, 3.8) is 0 Å². The Bertz CT molecular complexity index is 887. The standard InChI is InChI=1S/C21H29N3O4S/c1-22-29(26,27)20-8-5-17(6-9-20)7-10-21(25)24(16-19-4-3-15-28-19)18-11-13-23(2)14-12-18/h3-6,8-9,15,18,22H,7,10-14,16H2,1-2H3. The summed E-state index contributed by atoms with van der Waals surface area (Å²) in [6.07, 6.45) is 4.50. The molecule has 7 nitrogen and oxygen atoms in total. The summed E-state index contributed by atoms with van der Waals surface area (Å²) in [5.41, 5.74) is 0.940. The van der Waals surface area contributed by atoms with Crippen LogP contribution in [0.2, 0.25) is 0 Å². The molecule has 1 aromatic carbocycles. The molecule has 8 heteroatoms. The van der Waals surface area contributed by atoms with Gasteiger partial charge in [0.05, 0.1) is 17.7 Å². The summed E-state index contributed by atoms with van der Waals surface area (Å²) in [6, 6.07) is 10.6. The lowest BCUT2D eigenvalue weighted by Gasteiger charge is -2.37. The molecule has 158 valence electrons. The van der Waals surface area contributed by atoms with Crippen molar-refractivity contribution in [3.8, 4) is 0 Å². The number of piperidine rings is 1. The minimum Gasteiger partial charge on any atom is -0.467 e. The van der Waals surface area contributed by atoms with E-state index in [1.54, 1.807) is 30.5 Å². The molecule has 0 spiro atoms. The summed E-state index contributed by atoms with van der Waals surface area (Å²) < 4.78 is 31.4. The first-order valence-electron chi connectivity index (χ1n) is 9.92. The first-order chi connectivity index (χ1) is 13.9. The zero-order valence-electron chi connectivity index (χ0n) is 17.0. The summed E-state index contributed by atoms with van der Waals surface area (Å²) >= 11 is 0. The van der Waals surface area contributed by atoms with Crippen molar-refractivity contribution < 1.29 is 17.6 Å². The zero-order valence-corrected chi connectivity index (χ0v) is 17.8. The number of carbonyl (C=O) groups excluding carboxylic acids is 1. The monoisotopic (exact) mass is 419 g/mol. The second-order valence-electron chi connectivity index (χ2n) is 7.49. The van der Waals surface area contributed by atoms with Crippen LogP contribution in [0.3, 0.4) is 0 Å². The third-order valence-electron chi connectivity index (χ3n) is 5.49. The molecule has 1 saturated heterocycles. The molecule has 1 N–H and O–H groups in total. The molecule has 3 rings (SSSR count). The van der Waals surface area contributed by atoms with E-state index in [1.807, 2.05) is 17.0 Å². The van der Waals surface area contributed by atoms with E-state index in [-0.39, 0.29) is 16.8 Å². The van der Waals surface area contributed by atoms with Gasteiger partial charge in [0.25, 0.3) is 0 Å². The van der Waals surface area contributed by atoms with E-state index in [0.717, 1.165) is 37.3 Å². The topological polar surface area (TPSA) is 82.9 Å². The fourth-order valence-corrected chi connectivity index (χ4v) is 4.38. The Morgan fingerprint density at radius 2 is 1.90 bits per heavy atom. The first-order valence-corrected chi connectivity index (χ1v) is 11.4. The van der Waals surface area contributed by atoms with Gasteiger partial charge in [-0.05, 0) is 76.3 Å². The van der Waals surface area contributed by atoms with E-state index in [0.29, 0.717) is 19.4 Å². The number of nitrogens with one attached hydrogen (secondary N) is 1.